The van der Waals surface area contributed by atoms with Crippen molar-refractivity contribution in [2.75, 3.05) is 7.11 Å². The summed E-state index contributed by atoms with van der Waals surface area (Å²) in [6.07, 6.45) is 0. The number of carbonyl (C=O) groups excluding carboxylic acids is 2. The second-order valence-corrected chi connectivity index (χ2v) is 5.13. The molecular formula is C17H18O5. The van der Waals surface area contributed by atoms with Crippen LogP contribution in [-0.2, 0) is 16.1 Å². The smallest absolute Gasteiger partial charge is 0.341 e. The third kappa shape index (κ3) is 3.55. The molecule has 0 atom stereocenters. The molecule has 1 aromatic carbocycles. The van der Waals surface area contributed by atoms with Crippen LogP contribution in [0.25, 0.3) is 0 Å². The van der Waals surface area contributed by atoms with Crippen molar-refractivity contribution in [1.29, 1.82) is 0 Å². The molecule has 116 valence electrons. The summed E-state index contributed by atoms with van der Waals surface area (Å²) in [7, 11) is 1.30. The van der Waals surface area contributed by atoms with Crippen molar-refractivity contribution in [1.82, 2.24) is 0 Å². The normalized spacial score (nSPS) is 10.4. The first kappa shape index (κ1) is 15.8. The molecule has 2 aromatic rings. The van der Waals surface area contributed by atoms with Gasteiger partial charge in [-0.1, -0.05) is 17.2 Å². The number of aryl methyl sites for hydroxylation is 3. The summed E-state index contributed by atoms with van der Waals surface area (Å²) in [5.74, 6) is -0.0754. The maximum atomic E-state index is 12.0. The average Bonchev–Trinajstić information content (AvgIpc) is 2.84. The molecule has 0 spiro atoms. The quantitative estimate of drug-likeness (QED) is 0.810. The van der Waals surface area contributed by atoms with E-state index in [4.69, 9.17) is 9.15 Å². The van der Waals surface area contributed by atoms with Gasteiger partial charge in [0.15, 0.2) is 0 Å². The fraction of sp³-hybridized carbons (Fsp3) is 0.294. The van der Waals surface area contributed by atoms with Gasteiger partial charge in [0.05, 0.1) is 12.7 Å². The van der Waals surface area contributed by atoms with Gasteiger partial charge in [-0.3, -0.25) is 0 Å². The minimum absolute atomic E-state index is 0.0380. The number of hydrogen-bond acceptors (Lipinski definition) is 5. The number of ether oxygens (including phenoxy) is 2. The van der Waals surface area contributed by atoms with Crippen molar-refractivity contribution in [2.24, 2.45) is 0 Å². The first-order valence-corrected chi connectivity index (χ1v) is 6.83. The molecule has 0 unspecified atom stereocenters. The maximum absolute atomic E-state index is 12.0. The molecule has 0 bridgehead atoms. The number of rotatable bonds is 4. The van der Waals surface area contributed by atoms with Crippen molar-refractivity contribution >= 4 is 11.9 Å². The van der Waals surface area contributed by atoms with Crippen LogP contribution in [0.5, 0.6) is 0 Å². The molecule has 0 saturated heterocycles. The third-order valence-corrected chi connectivity index (χ3v) is 3.18. The highest BCUT2D eigenvalue weighted by atomic mass is 16.5. The van der Waals surface area contributed by atoms with Gasteiger partial charge in [0.1, 0.15) is 23.7 Å². The molecule has 0 aliphatic carbocycles. The number of benzene rings is 1. The number of hydrogen-bond donors (Lipinski definition) is 0. The number of carbonyl (C=O) groups is 2. The lowest BCUT2D eigenvalue weighted by Gasteiger charge is -2.05. The molecule has 0 aliphatic rings. The van der Waals surface area contributed by atoms with Crippen LogP contribution >= 0.6 is 0 Å². The summed E-state index contributed by atoms with van der Waals surface area (Å²) in [6, 6.07) is 7.04. The Labute approximate surface area is 128 Å². The summed E-state index contributed by atoms with van der Waals surface area (Å²) < 4.78 is 15.3. The second-order valence-electron chi connectivity index (χ2n) is 5.13. The predicted octanol–water partition coefficient (Wildman–Crippen LogP) is 3.35. The Morgan fingerprint density at radius 1 is 1.00 bits per heavy atom. The van der Waals surface area contributed by atoms with Gasteiger partial charge in [-0.05, 0) is 39.0 Å². The standard InChI is InChI=1S/C17H18O5/c1-10-5-11(2)7-13(6-10)16(18)21-9-14-8-15(12(3)22-14)17(19)20-4/h5-8H,9H2,1-4H3. The lowest BCUT2D eigenvalue weighted by molar-refractivity contribution is 0.0443. The molecule has 0 N–H and O–H groups in total. The fourth-order valence-electron chi connectivity index (χ4n) is 2.24. The van der Waals surface area contributed by atoms with Gasteiger partial charge in [-0.15, -0.1) is 0 Å². The zero-order valence-electron chi connectivity index (χ0n) is 13.1. The van der Waals surface area contributed by atoms with Crippen LogP contribution in [0.3, 0.4) is 0 Å². The Morgan fingerprint density at radius 3 is 2.23 bits per heavy atom. The molecule has 0 aliphatic heterocycles. The maximum Gasteiger partial charge on any atom is 0.341 e. The first-order chi connectivity index (χ1) is 10.4. The summed E-state index contributed by atoms with van der Waals surface area (Å²) in [5.41, 5.74) is 2.82. The van der Waals surface area contributed by atoms with E-state index in [0.717, 1.165) is 11.1 Å². The van der Waals surface area contributed by atoms with Gasteiger partial charge in [0.25, 0.3) is 0 Å². The van der Waals surface area contributed by atoms with E-state index in [1.807, 2.05) is 19.9 Å². The molecule has 0 amide bonds. The van der Waals surface area contributed by atoms with Gasteiger partial charge in [0, 0.05) is 0 Å². The van der Waals surface area contributed by atoms with E-state index in [-0.39, 0.29) is 6.61 Å². The molecule has 0 fully saturated rings. The molecular weight excluding hydrogens is 284 g/mol. The molecule has 2 rings (SSSR count). The van der Waals surface area contributed by atoms with Gasteiger partial charge in [-0.2, -0.15) is 0 Å². The van der Waals surface area contributed by atoms with Gasteiger partial charge in [0.2, 0.25) is 0 Å². The van der Waals surface area contributed by atoms with Crippen LogP contribution in [0, 0.1) is 20.8 Å². The largest absolute Gasteiger partial charge is 0.465 e. The fourth-order valence-corrected chi connectivity index (χ4v) is 2.24. The Kier molecular flexibility index (Phi) is 4.65. The SMILES string of the molecule is COC(=O)c1cc(COC(=O)c2cc(C)cc(C)c2)oc1C. The van der Waals surface area contributed by atoms with Crippen LogP contribution in [0.2, 0.25) is 0 Å². The summed E-state index contributed by atoms with van der Waals surface area (Å²) in [5, 5.41) is 0. The zero-order valence-corrected chi connectivity index (χ0v) is 13.1. The van der Waals surface area contributed by atoms with Gasteiger partial charge in [-0.25, -0.2) is 9.59 Å². The van der Waals surface area contributed by atoms with E-state index in [1.165, 1.54) is 13.2 Å². The Bertz CT molecular complexity index is 692. The van der Waals surface area contributed by atoms with E-state index in [0.29, 0.717) is 22.6 Å². The summed E-state index contributed by atoms with van der Waals surface area (Å²) in [6.45, 7) is 5.45. The van der Waals surface area contributed by atoms with Crippen LogP contribution < -0.4 is 0 Å². The average molecular weight is 302 g/mol. The highest BCUT2D eigenvalue weighted by Gasteiger charge is 2.16. The van der Waals surface area contributed by atoms with Gasteiger partial charge >= 0.3 is 11.9 Å². The third-order valence-electron chi connectivity index (χ3n) is 3.18. The molecule has 0 saturated carbocycles. The molecule has 1 heterocycles. The number of methoxy groups -OCH3 is 1. The van der Waals surface area contributed by atoms with Crippen molar-refractivity contribution < 1.29 is 23.5 Å². The lowest BCUT2D eigenvalue weighted by Crippen LogP contribution is -2.05. The molecule has 1 aromatic heterocycles. The first-order valence-electron chi connectivity index (χ1n) is 6.83. The van der Waals surface area contributed by atoms with Crippen molar-refractivity contribution in [3.05, 3.63) is 58.0 Å². The van der Waals surface area contributed by atoms with E-state index >= 15 is 0 Å². The molecule has 5 heteroatoms. The van der Waals surface area contributed by atoms with Gasteiger partial charge < -0.3 is 13.9 Å². The number of esters is 2. The van der Waals surface area contributed by atoms with Crippen molar-refractivity contribution in [2.45, 2.75) is 27.4 Å². The minimum atomic E-state index is -0.479. The van der Waals surface area contributed by atoms with E-state index in [2.05, 4.69) is 4.74 Å². The van der Waals surface area contributed by atoms with E-state index in [1.54, 1.807) is 19.1 Å². The summed E-state index contributed by atoms with van der Waals surface area (Å²) >= 11 is 0. The highest BCUT2D eigenvalue weighted by Crippen LogP contribution is 2.17. The van der Waals surface area contributed by atoms with Crippen LogP contribution in [0.1, 0.15) is 43.4 Å². The highest BCUT2D eigenvalue weighted by molar-refractivity contribution is 5.91. The molecule has 22 heavy (non-hydrogen) atoms. The Morgan fingerprint density at radius 2 is 1.64 bits per heavy atom. The topological polar surface area (TPSA) is 65.7 Å². The van der Waals surface area contributed by atoms with Crippen molar-refractivity contribution in [3.63, 3.8) is 0 Å². The zero-order chi connectivity index (χ0) is 16.3. The molecule has 5 nitrogen and oxygen atoms in total. The van der Waals surface area contributed by atoms with E-state index < -0.39 is 11.9 Å². The predicted molar refractivity (Wildman–Crippen MR) is 79.8 cm³/mol. The summed E-state index contributed by atoms with van der Waals surface area (Å²) in [4.78, 5) is 23.5. The molecule has 0 radical (unpaired) electrons. The number of furan rings is 1. The van der Waals surface area contributed by atoms with E-state index in [9.17, 15) is 9.59 Å². The van der Waals surface area contributed by atoms with Crippen molar-refractivity contribution in [3.8, 4) is 0 Å². The Balaban J connectivity index is 2.06. The van der Waals surface area contributed by atoms with Crippen LogP contribution in [0.15, 0.2) is 28.7 Å². The van der Waals surface area contributed by atoms with Crippen LogP contribution in [0.4, 0.5) is 0 Å². The second kappa shape index (κ2) is 6.47. The minimum Gasteiger partial charge on any atom is -0.465 e. The van der Waals surface area contributed by atoms with Crippen LogP contribution in [-0.4, -0.2) is 19.0 Å². The lowest BCUT2D eigenvalue weighted by atomic mass is 10.1. The Hall–Kier alpha value is -2.56. The monoisotopic (exact) mass is 302 g/mol.